The molecule has 1 aliphatic heterocycles. The number of nitrogens with zero attached hydrogens (tertiary/aromatic N) is 2. The minimum atomic E-state index is -0.644. The van der Waals surface area contributed by atoms with Crippen LogP contribution in [-0.4, -0.2) is 54.0 Å². The Balaban J connectivity index is 2.56. The molecule has 0 aliphatic carbocycles. The predicted molar refractivity (Wildman–Crippen MR) is 66.2 cm³/mol. The lowest BCUT2D eigenvalue weighted by molar-refractivity contribution is -0.139. The second kappa shape index (κ2) is 5.64. The molecule has 94 valence electrons. The van der Waals surface area contributed by atoms with Gasteiger partial charge in [-0.3, -0.25) is 4.79 Å². The maximum atomic E-state index is 12.3. The van der Waals surface area contributed by atoms with E-state index >= 15 is 0 Å². The first-order valence-electron chi connectivity index (χ1n) is 6.38. The van der Waals surface area contributed by atoms with E-state index < -0.39 is 5.54 Å². The third-order valence-electron chi connectivity index (χ3n) is 3.79. The Labute approximate surface area is 98.8 Å². The van der Waals surface area contributed by atoms with E-state index in [2.05, 4.69) is 11.8 Å². The van der Waals surface area contributed by atoms with Crippen LogP contribution in [-0.2, 0) is 4.79 Å². The van der Waals surface area contributed by atoms with Crippen molar-refractivity contribution >= 4 is 5.91 Å². The molecule has 4 nitrogen and oxygen atoms in total. The van der Waals surface area contributed by atoms with Gasteiger partial charge < -0.3 is 15.5 Å². The van der Waals surface area contributed by atoms with Crippen molar-refractivity contribution in [3.05, 3.63) is 0 Å². The predicted octanol–water partition coefficient (Wildman–Crippen LogP) is 0.668. The van der Waals surface area contributed by atoms with Gasteiger partial charge in [0.25, 0.3) is 0 Å². The van der Waals surface area contributed by atoms with Crippen molar-refractivity contribution in [2.75, 3.05) is 32.7 Å². The van der Waals surface area contributed by atoms with Crippen molar-refractivity contribution in [2.24, 2.45) is 5.73 Å². The molecule has 1 fully saturated rings. The molecule has 0 aromatic rings. The summed E-state index contributed by atoms with van der Waals surface area (Å²) in [5.74, 6) is 0.133. The first kappa shape index (κ1) is 13.5. The monoisotopic (exact) mass is 227 g/mol. The number of nitrogens with two attached hydrogens (primary N) is 1. The Hall–Kier alpha value is -0.610. The summed E-state index contributed by atoms with van der Waals surface area (Å²) in [6.45, 7) is 10.8. The zero-order valence-electron chi connectivity index (χ0n) is 10.8. The van der Waals surface area contributed by atoms with Crippen molar-refractivity contribution in [2.45, 2.75) is 39.2 Å². The molecule has 0 unspecified atom stereocenters. The Morgan fingerprint density at radius 3 is 2.00 bits per heavy atom. The van der Waals surface area contributed by atoms with Crippen molar-refractivity contribution in [3.63, 3.8) is 0 Å². The highest BCUT2D eigenvalue weighted by Gasteiger charge is 2.35. The Morgan fingerprint density at radius 2 is 1.62 bits per heavy atom. The molecule has 1 aliphatic rings. The number of hydrogen-bond acceptors (Lipinski definition) is 3. The third kappa shape index (κ3) is 2.74. The molecule has 1 saturated heterocycles. The standard InChI is InChI=1S/C12H25N3O/c1-4-12(13,5-2)11(16)15-9-7-14(6-3)8-10-15/h4-10,13H2,1-3H3. The van der Waals surface area contributed by atoms with Crippen LogP contribution in [0.1, 0.15) is 33.6 Å². The van der Waals surface area contributed by atoms with Crippen molar-refractivity contribution in [1.29, 1.82) is 0 Å². The SMILES string of the molecule is CCN1CCN(C(=O)C(N)(CC)CC)CC1. The summed E-state index contributed by atoms with van der Waals surface area (Å²) in [6.07, 6.45) is 1.44. The van der Waals surface area contributed by atoms with E-state index in [0.29, 0.717) is 0 Å². The van der Waals surface area contributed by atoms with Gasteiger partial charge in [0.05, 0.1) is 5.54 Å². The lowest BCUT2D eigenvalue weighted by Gasteiger charge is -2.38. The van der Waals surface area contributed by atoms with E-state index in [0.717, 1.165) is 45.6 Å². The van der Waals surface area contributed by atoms with E-state index in [-0.39, 0.29) is 5.91 Å². The minimum absolute atomic E-state index is 0.133. The van der Waals surface area contributed by atoms with Gasteiger partial charge >= 0.3 is 0 Å². The molecule has 0 bridgehead atoms. The van der Waals surface area contributed by atoms with Crippen LogP contribution >= 0.6 is 0 Å². The Bertz CT molecular complexity index is 230. The molecule has 0 saturated carbocycles. The lowest BCUT2D eigenvalue weighted by Crippen LogP contribution is -2.59. The van der Waals surface area contributed by atoms with Gasteiger partial charge in [0, 0.05) is 26.2 Å². The summed E-state index contributed by atoms with van der Waals surface area (Å²) in [7, 11) is 0. The van der Waals surface area contributed by atoms with Crippen molar-refractivity contribution in [3.8, 4) is 0 Å². The minimum Gasteiger partial charge on any atom is -0.339 e. The summed E-state index contributed by atoms with van der Waals surface area (Å²) in [5, 5.41) is 0. The highest BCUT2D eigenvalue weighted by Crippen LogP contribution is 2.16. The summed E-state index contributed by atoms with van der Waals surface area (Å²) in [6, 6.07) is 0. The highest BCUT2D eigenvalue weighted by atomic mass is 16.2. The van der Waals surface area contributed by atoms with Crippen LogP contribution in [0.25, 0.3) is 0 Å². The van der Waals surface area contributed by atoms with Crippen LogP contribution in [0.2, 0.25) is 0 Å². The van der Waals surface area contributed by atoms with Gasteiger partial charge in [0.2, 0.25) is 5.91 Å². The van der Waals surface area contributed by atoms with E-state index in [1.54, 1.807) is 0 Å². The summed E-state index contributed by atoms with van der Waals surface area (Å²) in [5.41, 5.74) is 5.49. The fourth-order valence-electron chi connectivity index (χ4n) is 2.13. The van der Waals surface area contributed by atoms with Gasteiger partial charge in [-0.25, -0.2) is 0 Å². The zero-order valence-corrected chi connectivity index (χ0v) is 10.8. The smallest absolute Gasteiger partial charge is 0.242 e. The average molecular weight is 227 g/mol. The topological polar surface area (TPSA) is 49.6 Å². The molecule has 2 N–H and O–H groups in total. The number of rotatable bonds is 4. The fourth-order valence-corrected chi connectivity index (χ4v) is 2.13. The number of hydrogen-bond donors (Lipinski definition) is 1. The van der Waals surface area contributed by atoms with Crippen molar-refractivity contribution < 1.29 is 4.79 Å². The van der Waals surface area contributed by atoms with Crippen LogP contribution in [0.3, 0.4) is 0 Å². The Morgan fingerprint density at radius 1 is 1.12 bits per heavy atom. The van der Waals surface area contributed by atoms with E-state index in [1.165, 1.54) is 0 Å². The molecule has 0 aromatic heterocycles. The number of piperazine rings is 1. The van der Waals surface area contributed by atoms with Gasteiger partial charge in [-0.2, -0.15) is 0 Å². The lowest BCUT2D eigenvalue weighted by atomic mass is 9.92. The van der Waals surface area contributed by atoms with Crippen LogP contribution in [0, 0.1) is 0 Å². The number of amides is 1. The molecule has 0 radical (unpaired) electrons. The normalized spacial score (nSPS) is 18.9. The number of carbonyl (C=O) groups excluding carboxylic acids is 1. The number of carbonyl (C=O) groups is 1. The maximum Gasteiger partial charge on any atom is 0.242 e. The van der Waals surface area contributed by atoms with Crippen LogP contribution in [0.15, 0.2) is 0 Å². The van der Waals surface area contributed by atoms with Gasteiger partial charge in [-0.15, -0.1) is 0 Å². The molecular formula is C12H25N3O. The second-order valence-corrected chi connectivity index (χ2v) is 4.59. The summed E-state index contributed by atoms with van der Waals surface area (Å²) < 4.78 is 0. The Kier molecular flexibility index (Phi) is 4.74. The molecule has 1 rings (SSSR count). The second-order valence-electron chi connectivity index (χ2n) is 4.59. The van der Waals surface area contributed by atoms with Gasteiger partial charge in [0.1, 0.15) is 0 Å². The largest absolute Gasteiger partial charge is 0.339 e. The number of likely N-dealkylation sites (N-methyl/N-ethyl adjacent to an activating group) is 1. The molecule has 16 heavy (non-hydrogen) atoms. The quantitative estimate of drug-likeness (QED) is 0.768. The third-order valence-corrected chi connectivity index (χ3v) is 3.79. The first-order valence-corrected chi connectivity index (χ1v) is 6.38. The summed E-state index contributed by atoms with van der Waals surface area (Å²) in [4.78, 5) is 16.6. The van der Waals surface area contributed by atoms with Gasteiger partial charge in [0.15, 0.2) is 0 Å². The molecule has 0 spiro atoms. The van der Waals surface area contributed by atoms with Crippen LogP contribution in [0.5, 0.6) is 0 Å². The molecule has 1 heterocycles. The fraction of sp³-hybridized carbons (Fsp3) is 0.917. The van der Waals surface area contributed by atoms with Gasteiger partial charge in [-0.05, 0) is 19.4 Å². The van der Waals surface area contributed by atoms with Gasteiger partial charge in [-0.1, -0.05) is 20.8 Å². The summed E-state index contributed by atoms with van der Waals surface area (Å²) >= 11 is 0. The van der Waals surface area contributed by atoms with Crippen molar-refractivity contribution in [1.82, 2.24) is 9.80 Å². The van der Waals surface area contributed by atoms with E-state index in [4.69, 9.17) is 5.73 Å². The molecular weight excluding hydrogens is 202 g/mol. The van der Waals surface area contributed by atoms with Crippen LogP contribution < -0.4 is 5.73 Å². The van der Waals surface area contributed by atoms with E-state index in [9.17, 15) is 4.79 Å². The van der Waals surface area contributed by atoms with E-state index in [1.807, 2.05) is 18.7 Å². The molecule has 0 aromatic carbocycles. The molecule has 0 atom stereocenters. The van der Waals surface area contributed by atoms with Crippen LogP contribution in [0.4, 0.5) is 0 Å². The highest BCUT2D eigenvalue weighted by molar-refractivity contribution is 5.86. The molecule has 1 amide bonds. The first-order chi connectivity index (χ1) is 7.57. The average Bonchev–Trinajstić information content (AvgIpc) is 2.37. The zero-order chi connectivity index (χ0) is 12.2. The maximum absolute atomic E-state index is 12.3. The molecule has 4 heteroatoms.